The van der Waals surface area contributed by atoms with Crippen molar-refractivity contribution in [1.82, 2.24) is 4.98 Å². The summed E-state index contributed by atoms with van der Waals surface area (Å²) in [6.45, 7) is 2.09. The summed E-state index contributed by atoms with van der Waals surface area (Å²) in [5, 5.41) is 5.80. The van der Waals surface area contributed by atoms with E-state index in [2.05, 4.69) is 15.6 Å². The predicted molar refractivity (Wildman–Crippen MR) is 88.9 cm³/mol. The zero-order valence-corrected chi connectivity index (χ0v) is 13.0. The molecule has 0 spiro atoms. The molecule has 1 aromatic heterocycles. The molecule has 1 heterocycles. The van der Waals surface area contributed by atoms with E-state index in [1.807, 2.05) is 43.3 Å². The number of anilines is 4. The quantitative estimate of drug-likeness (QED) is 0.885. The summed E-state index contributed by atoms with van der Waals surface area (Å²) in [6, 6.07) is 11.6. The summed E-state index contributed by atoms with van der Waals surface area (Å²) in [7, 11) is 4.00. The zero-order valence-electron chi connectivity index (χ0n) is 13.0. The Morgan fingerprint density at radius 3 is 2.36 bits per heavy atom. The molecule has 0 aliphatic carbocycles. The molecule has 2 N–H and O–H groups in total. The van der Waals surface area contributed by atoms with Crippen molar-refractivity contribution in [3.8, 4) is 0 Å². The van der Waals surface area contributed by atoms with E-state index < -0.39 is 6.09 Å². The van der Waals surface area contributed by atoms with Gasteiger partial charge in [0.05, 0.1) is 18.5 Å². The van der Waals surface area contributed by atoms with Crippen LogP contribution in [0.15, 0.2) is 42.6 Å². The number of hydrogen-bond acceptors (Lipinski definition) is 5. The molecule has 6 heteroatoms. The first-order valence-electron chi connectivity index (χ1n) is 7.02. The summed E-state index contributed by atoms with van der Waals surface area (Å²) in [5.74, 6) is 0.701. The number of carbonyl (C=O) groups excluding carboxylic acids is 1. The first-order valence-corrected chi connectivity index (χ1v) is 7.02. The highest BCUT2D eigenvalue weighted by Gasteiger charge is 2.03. The van der Waals surface area contributed by atoms with Gasteiger partial charge in [0.2, 0.25) is 0 Å². The van der Waals surface area contributed by atoms with Crippen molar-refractivity contribution in [3.05, 3.63) is 42.6 Å². The SMILES string of the molecule is CCOC(=O)Nc1ccc(Nc2ccc(N(C)C)cc2)nc1. The minimum atomic E-state index is -0.482. The van der Waals surface area contributed by atoms with E-state index >= 15 is 0 Å². The topological polar surface area (TPSA) is 66.5 Å². The lowest BCUT2D eigenvalue weighted by Crippen LogP contribution is -2.13. The largest absolute Gasteiger partial charge is 0.450 e. The van der Waals surface area contributed by atoms with E-state index in [0.717, 1.165) is 11.4 Å². The van der Waals surface area contributed by atoms with Crippen LogP contribution < -0.4 is 15.5 Å². The fourth-order valence-corrected chi connectivity index (χ4v) is 1.82. The van der Waals surface area contributed by atoms with Gasteiger partial charge in [-0.2, -0.15) is 0 Å². The normalized spacial score (nSPS) is 9.95. The Labute approximate surface area is 130 Å². The second-order valence-corrected chi connectivity index (χ2v) is 4.84. The monoisotopic (exact) mass is 300 g/mol. The van der Waals surface area contributed by atoms with Gasteiger partial charge in [0.1, 0.15) is 5.82 Å². The first kappa shape index (κ1) is 15.6. The Morgan fingerprint density at radius 1 is 1.14 bits per heavy atom. The van der Waals surface area contributed by atoms with Gasteiger partial charge in [-0.3, -0.25) is 5.32 Å². The molecule has 0 atom stereocenters. The molecule has 0 aliphatic heterocycles. The Balaban J connectivity index is 1.97. The van der Waals surface area contributed by atoms with Gasteiger partial charge in [-0.1, -0.05) is 0 Å². The molecule has 2 rings (SSSR count). The van der Waals surface area contributed by atoms with Gasteiger partial charge < -0.3 is 15.0 Å². The van der Waals surface area contributed by atoms with E-state index in [1.54, 1.807) is 25.3 Å². The Kier molecular flexibility index (Phi) is 5.19. The number of pyridine rings is 1. The van der Waals surface area contributed by atoms with Crippen LogP contribution in [-0.2, 0) is 4.74 Å². The van der Waals surface area contributed by atoms with Gasteiger partial charge in [0, 0.05) is 25.5 Å². The maximum atomic E-state index is 11.3. The molecule has 6 nitrogen and oxygen atoms in total. The van der Waals surface area contributed by atoms with Crippen LogP contribution in [0, 0.1) is 0 Å². The Bertz CT molecular complexity index is 609. The van der Waals surface area contributed by atoms with E-state index in [0.29, 0.717) is 18.1 Å². The molecule has 0 bridgehead atoms. The van der Waals surface area contributed by atoms with Crippen LogP contribution in [0.5, 0.6) is 0 Å². The average Bonchev–Trinajstić information content (AvgIpc) is 2.50. The zero-order chi connectivity index (χ0) is 15.9. The van der Waals surface area contributed by atoms with Gasteiger partial charge in [-0.25, -0.2) is 9.78 Å². The average molecular weight is 300 g/mol. The summed E-state index contributed by atoms with van der Waals surface area (Å²) < 4.78 is 4.80. The number of carbonyl (C=O) groups is 1. The van der Waals surface area contributed by atoms with Crippen molar-refractivity contribution >= 4 is 29.0 Å². The van der Waals surface area contributed by atoms with Crippen LogP contribution in [0.4, 0.5) is 27.7 Å². The lowest BCUT2D eigenvalue weighted by Gasteiger charge is -2.13. The number of nitrogens with zero attached hydrogens (tertiary/aromatic N) is 2. The van der Waals surface area contributed by atoms with E-state index in [-0.39, 0.29) is 0 Å². The van der Waals surface area contributed by atoms with Crippen molar-refractivity contribution < 1.29 is 9.53 Å². The highest BCUT2D eigenvalue weighted by atomic mass is 16.5. The molecule has 0 radical (unpaired) electrons. The van der Waals surface area contributed by atoms with Crippen LogP contribution in [0.1, 0.15) is 6.92 Å². The first-order chi connectivity index (χ1) is 10.6. The highest BCUT2D eigenvalue weighted by Crippen LogP contribution is 2.19. The molecule has 1 aromatic carbocycles. The molecular formula is C16H20N4O2. The van der Waals surface area contributed by atoms with Crippen molar-refractivity contribution in [2.75, 3.05) is 36.2 Å². The maximum Gasteiger partial charge on any atom is 0.411 e. The second-order valence-electron chi connectivity index (χ2n) is 4.84. The Morgan fingerprint density at radius 2 is 1.82 bits per heavy atom. The number of benzene rings is 1. The van der Waals surface area contributed by atoms with Crippen LogP contribution in [-0.4, -0.2) is 31.8 Å². The number of ether oxygens (including phenoxy) is 1. The number of hydrogen-bond donors (Lipinski definition) is 2. The summed E-state index contributed by atoms with van der Waals surface area (Å²) in [4.78, 5) is 17.6. The smallest absolute Gasteiger partial charge is 0.411 e. The molecular weight excluding hydrogens is 280 g/mol. The molecule has 0 unspecified atom stereocenters. The van der Waals surface area contributed by atoms with Gasteiger partial charge in [-0.15, -0.1) is 0 Å². The fourth-order valence-electron chi connectivity index (χ4n) is 1.82. The molecule has 0 fully saturated rings. The minimum Gasteiger partial charge on any atom is -0.450 e. The predicted octanol–water partition coefficient (Wildman–Crippen LogP) is 3.46. The van der Waals surface area contributed by atoms with Gasteiger partial charge in [0.25, 0.3) is 0 Å². The molecule has 0 saturated carbocycles. The Hall–Kier alpha value is -2.76. The van der Waals surface area contributed by atoms with Gasteiger partial charge in [0.15, 0.2) is 0 Å². The highest BCUT2D eigenvalue weighted by molar-refractivity contribution is 5.84. The lowest BCUT2D eigenvalue weighted by molar-refractivity contribution is 0.168. The van der Waals surface area contributed by atoms with Gasteiger partial charge in [-0.05, 0) is 43.3 Å². The van der Waals surface area contributed by atoms with Gasteiger partial charge >= 0.3 is 6.09 Å². The van der Waals surface area contributed by atoms with Crippen molar-refractivity contribution in [3.63, 3.8) is 0 Å². The van der Waals surface area contributed by atoms with E-state index in [9.17, 15) is 4.79 Å². The van der Waals surface area contributed by atoms with E-state index in [1.165, 1.54) is 0 Å². The third kappa shape index (κ3) is 4.37. The van der Waals surface area contributed by atoms with Crippen LogP contribution in [0.3, 0.4) is 0 Å². The molecule has 22 heavy (non-hydrogen) atoms. The lowest BCUT2D eigenvalue weighted by atomic mass is 10.2. The minimum absolute atomic E-state index is 0.335. The van der Waals surface area contributed by atoms with Crippen LogP contribution in [0.2, 0.25) is 0 Å². The number of aromatic nitrogens is 1. The third-order valence-corrected chi connectivity index (χ3v) is 2.94. The fraction of sp³-hybridized carbons (Fsp3) is 0.250. The van der Waals surface area contributed by atoms with Crippen LogP contribution >= 0.6 is 0 Å². The van der Waals surface area contributed by atoms with Crippen molar-refractivity contribution in [1.29, 1.82) is 0 Å². The molecule has 2 aromatic rings. The number of nitrogens with one attached hydrogen (secondary N) is 2. The summed E-state index contributed by atoms with van der Waals surface area (Å²) in [6.07, 6.45) is 1.09. The molecule has 1 amide bonds. The molecule has 116 valence electrons. The molecule has 0 saturated heterocycles. The standard InChI is InChI=1S/C16H20N4O2/c1-4-22-16(21)19-13-7-10-15(17-11-13)18-12-5-8-14(9-6-12)20(2)3/h5-11H,4H2,1-3H3,(H,17,18)(H,19,21). The summed E-state index contributed by atoms with van der Waals surface area (Å²) >= 11 is 0. The molecule has 0 aliphatic rings. The summed E-state index contributed by atoms with van der Waals surface area (Å²) in [5.41, 5.74) is 2.67. The maximum absolute atomic E-state index is 11.3. The van der Waals surface area contributed by atoms with Crippen molar-refractivity contribution in [2.24, 2.45) is 0 Å². The second kappa shape index (κ2) is 7.31. The van der Waals surface area contributed by atoms with Crippen molar-refractivity contribution in [2.45, 2.75) is 6.92 Å². The van der Waals surface area contributed by atoms with E-state index in [4.69, 9.17) is 4.74 Å². The third-order valence-electron chi connectivity index (χ3n) is 2.94. The number of rotatable bonds is 5. The van der Waals surface area contributed by atoms with Crippen LogP contribution in [0.25, 0.3) is 0 Å². The number of amides is 1.